The summed E-state index contributed by atoms with van der Waals surface area (Å²) in [6.07, 6.45) is 6.38. The van der Waals surface area contributed by atoms with Gasteiger partial charge in [-0.2, -0.15) is 0 Å². The Labute approximate surface area is 114 Å². The van der Waals surface area contributed by atoms with E-state index in [1.54, 1.807) is 0 Å². The number of rotatable bonds is 8. The third kappa shape index (κ3) is 4.42. The third-order valence-electron chi connectivity index (χ3n) is 2.88. The summed E-state index contributed by atoms with van der Waals surface area (Å²) in [7, 11) is 2.02. The van der Waals surface area contributed by atoms with Gasteiger partial charge in [0.15, 0.2) is 0 Å². The normalized spacial score (nSPS) is 10.7. The molecule has 1 rings (SSSR count). The lowest BCUT2D eigenvalue weighted by molar-refractivity contribution is 0.283. The number of nitrogens with zero attached hydrogens (tertiary/aromatic N) is 3. The topological polar surface area (TPSA) is 49.2 Å². The highest BCUT2D eigenvalue weighted by molar-refractivity contribution is 6.30. The van der Waals surface area contributed by atoms with Crippen molar-refractivity contribution >= 4 is 17.4 Å². The molecule has 0 aliphatic carbocycles. The van der Waals surface area contributed by atoms with Crippen molar-refractivity contribution in [2.24, 2.45) is 0 Å². The van der Waals surface area contributed by atoms with Crippen LogP contribution in [0.4, 0.5) is 5.82 Å². The van der Waals surface area contributed by atoms with Crippen LogP contribution in [0.1, 0.15) is 38.2 Å². The first-order chi connectivity index (χ1) is 8.70. The van der Waals surface area contributed by atoms with Crippen molar-refractivity contribution in [1.29, 1.82) is 0 Å². The Hall–Kier alpha value is -0.870. The predicted molar refractivity (Wildman–Crippen MR) is 75.2 cm³/mol. The first kappa shape index (κ1) is 15.2. The first-order valence-corrected chi connectivity index (χ1v) is 6.89. The average molecular weight is 272 g/mol. The maximum Gasteiger partial charge on any atom is 0.137 e. The molecule has 18 heavy (non-hydrogen) atoms. The molecule has 1 aromatic rings. The van der Waals surface area contributed by atoms with Gasteiger partial charge in [0.05, 0.1) is 0 Å². The highest BCUT2D eigenvalue weighted by Crippen LogP contribution is 2.24. The number of halogens is 1. The maximum absolute atomic E-state index is 8.75. The van der Waals surface area contributed by atoms with Gasteiger partial charge in [-0.05, 0) is 25.7 Å². The second-order valence-electron chi connectivity index (χ2n) is 4.42. The molecule has 0 aliphatic rings. The Balaban J connectivity index is 2.66. The van der Waals surface area contributed by atoms with E-state index in [2.05, 4.69) is 21.8 Å². The standard InChI is InChI=1S/C13H22ClN3O/c1-3-7-11-12(14)15-10-16-13(11)17(2)8-5-4-6-9-18/h10,18H,3-9H2,1-2H3. The van der Waals surface area contributed by atoms with Crippen LogP contribution in [-0.4, -0.2) is 35.3 Å². The maximum atomic E-state index is 8.75. The molecule has 0 bridgehead atoms. The van der Waals surface area contributed by atoms with Gasteiger partial charge in [0.1, 0.15) is 17.3 Å². The molecule has 0 radical (unpaired) electrons. The minimum absolute atomic E-state index is 0.268. The van der Waals surface area contributed by atoms with E-state index >= 15 is 0 Å². The Morgan fingerprint density at radius 3 is 2.72 bits per heavy atom. The fourth-order valence-corrected chi connectivity index (χ4v) is 2.14. The first-order valence-electron chi connectivity index (χ1n) is 6.52. The lowest BCUT2D eigenvalue weighted by Gasteiger charge is -2.21. The van der Waals surface area contributed by atoms with Crippen LogP contribution in [0, 0.1) is 0 Å². The Morgan fingerprint density at radius 1 is 1.28 bits per heavy atom. The average Bonchev–Trinajstić information content (AvgIpc) is 2.37. The molecule has 0 aliphatic heterocycles. The van der Waals surface area contributed by atoms with Gasteiger partial charge >= 0.3 is 0 Å². The van der Waals surface area contributed by atoms with Crippen molar-refractivity contribution in [3.8, 4) is 0 Å². The summed E-state index contributed by atoms with van der Waals surface area (Å²) in [5, 5.41) is 9.31. The van der Waals surface area contributed by atoms with Gasteiger partial charge in [0.25, 0.3) is 0 Å². The summed E-state index contributed by atoms with van der Waals surface area (Å²) in [6, 6.07) is 0. The van der Waals surface area contributed by atoms with E-state index in [0.717, 1.165) is 50.0 Å². The van der Waals surface area contributed by atoms with Gasteiger partial charge in [-0.25, -0.2) is 9.97 Å². The van der Waals surface area contributed by atoms with Gasteiger partial charge < -0.3 is 10.0 Å². The summed E-state index contributed by atoms with van der Waals surface area (Å²) in [4.78, 5) is 10.5. The Kier molecular flexibility index (Phi) is 6.98. The predicted octanol–water partition coefficient (Wildman–Crippen LogP) is 2.68. The molecular weight excluding hydrogens is 250 g/mol. The number of hydrogen-bond donors (Lipinski definition) is 1. The quantitative estimate of drug-likeness (QED) is 0.583. The number of aliphatic hydroxyl groups excluding tert-OH is 1. The fraction of sp³-hybridized carbons (Fsp3) is 0.692. The van der Waals surface area contributed by atoms with Crippen LogP contribution in [0.2, 0.25) is 5.15 Å². The van der Waals surface area contributed by atoms with Gasteiger partial charge in [-0.1, -0.05) is 24.9 Å². The summed E-state index contributed by atoms with van der Waals surface area (Å²) >= 11 is 6.13. The van der Waals surface area contributed by atoms with Gasteiger partial charge in [-0.15, -0.1) is 0 Å². The summed E-state index contributed by atoms with van der Waals surface area (Å²) in [6.45, 7) is 3.31. The molecule has 102 valence electrons. The van der Waals surface area contributed by atoms with Crippen LogP contribution in [0.5, 0.6) is 0 Å². The molecule has 4 nitrogen and oxygen atoms in total. The summed E-state index contributed by atoms with van der Waals surface area (Å²) < 4.78 is 0. The molecule has 1 heterocycles. The molecular formula is C13H22ClN3O. The van der Waals surface area contributed by atoms with Crippen molar-refractivity contribution in [2.45, 2.75) is 39.0 Å². The number of aromatic nitrogens is 2. The molecule has 0 aromatic carbocycles. The highest BCUT2D eigenvalue weighted by Gasteiger charge is 2.12. The zero-order chi connectivity index (χ0) is 13.4. The molecule has 0 fully saturated rings. The van der Waals surface area contributed by atoms with Crippen molar-refractivity contribution < 1.29 is 5.11 Å². The van der Waals surface area contributed by atoms with E-state index in [1.165, 1.54) is 6.33 Å². The highest BCUT2D eigenvalue weighted by atomic mass is 35.5. The number of hydrogen-bond acceptors (Lipinski definition) is 4. The van der Waals surface area contributed by atoms with Crippen LogP contribution in [0.15, 0.2) is 6.33 Å². The largest absolute Gasteiger partial charge is 0.396 e. The van der Waals surface area contributed by atoms with E-state index < -0.39 is 0 Å². The minimum atomic E-state index is 0.268. The Bertz CT molecular complexity index is 360. The SMILES string of the molecule is CCCc1c(Cl)ncnc1N(C)CCCCCO. The van der Waals surface area contributed by atoms with Crippen molar-refractivity contribution in [2.75, 3.05) is 25.1 Å². The van der Waals surface area contributed by atoms with Crippen LogP contribution in [-0.2, 0) is 6.42 Å². The van der Waals surface area contributed by atoms with E-state index in [1.807, 2.05) is 7.05 Å². The van der Waals surface area contributed by atoms with E-state index in [0.29, 0.717) is 5.15 Å². The second-order valence-corrected chi connectivity index (χ2v) is 4.78. The lowest BCUT2D eigenvalue weighted by atomic mass is 10.1. The third-order valence-corrected chi connectivity index (χ3v) is 3.21. The summed E-state index contributed by atoms with van der Waals surface area (Å²) in [5.74, 6) is 0.931. The molecule has 0 amide bonds. The molecule has 0 atom stereocenters. The number of anilines is 1. The number of aliphatic hydroxyl groups is 1. The number of unbranched alkanes of at least 4 members (excludes halogenated alkanes) is 2. The molecule has 0 saturated carbocycles. The molecule has 0 unspecified atom stereocenters. The smallest absolute Gasteiger partial charge is 0.137 e. The van der Waals surface area contributed by atoms with Gasteiger partial charge in [-0.3, -0.25) is 0 Å². The van der Waals surface area contributed by atoms with E-state index in [-0.39, 0.29) is 6.61 Å². The fourth-order valence-electron chi connectivity index (χ4n) is 1.92. The molecule has 0 saturated heterocycles. The van der Waals surface area contributed by atoms with Crippen LogP contribution >= 0.6 is 11.6 Å². The Morgan fingerprint density at radius 2 is 2.06 bits per heavy atom. The van der Waals surface area contributed by atoms with E-state index in [4.69, 9.17) is 16.7 Å². The molecule has 1 N–H and O–H groups in total. The minimum Gasteiger partial charge on any atom is -0.396 e. The van der Waals surface area contributed by atoms with Crippen LogP contribution in [0.25, 0.3) is 0 Å². The van der Waals surface area contributed by atoms with E-state index in [9.17, 15) is 0 Å². The van der Waals surface area contributed by atoms with Crippen molar-refractivity contribution in [3.05, 3.63) is 17.0 Å². The molecule has 0 spiro atoms. The zero-order valence-electron chi connectivity index (χ0n) is 11.2. The van der Waals surface area contributed by atoms with Crippen molar-refractivity contribution in [1.82, 2.24) is 9.97 Å². The summed E-state index contributed by atoms with van der Waals surface area (Å²) in [5.41, 5.74) is 1.03. The van der Waals surface area contributed by atoms with Gasteiger partial charge in [0.2, 0.25) is 0 Å². The van der Waals surface area contributed by atoms with Crippen LogP contribution < -0.4 is 4.90 Å². The van der Waals surface area contributed by atoms with Crippen LogP contribution in [0.3, 0.4) is 0 Å². The second kappa shape index (κ2) is 8.27. The van der Waals surface area contributed by atoms with Crippen molar-refractivity contribution in [3.63, 3.8) is 0 Å². The van der Waals surface area contributed by atoms with Gasteiger partial charge in [0, 0.05) is 25.8 Å². The monoisotopic (exact) mass is 271 g/mol. The molecule has 1 aromatic heterocycles. The lowest BCUT2D eigenvalue weighted by Crippen LogP contribution is -2.21. The zero-order valence-corrected chi connectivity index (χ0v) is 11.9. The molecule has 5 heteroatoms.